The molecule has 4 heteroatoms. The fourth-order valence-electron chi connectivity index (χ4n) is 1.50. The second-order valence-corrected chi connectivity index (χ2v) is 3.72. The lowest BCUT2D eigenvalue weighted by Crippen LogP contribution is -1.99. The van der Waals surface area contributed by atoms with Crippen molar-refractivity contribution in [3.05, 3.63) is 53.5 Å². The number of aromatic nitrogens is 1. The Morgan fingerprint density at radius 2 is 1.94 bits per heavy atom. The van der Waals surface area contributed by atoms with E-state index in [2.05, 4.69) is 4.98 Å². The van der Waals surface area contributed by atoms with E-state index in [0.29, 0.717) is 18.2 Å². The van der Waals surface area contributed by atoms with E-state index in [-0.39, 0.29) is 5.82 Å². The zero-order valence-electron chi connectivity index (χ0n) is 9.48. The Labute approximate surface area is 99.1 Å². The predicted octanol–water partition coefficient (Wildman–Crippen LogP) is 2.78. The standard InChI is InChI=1S/C13H13FN2O/c1-9-6-10(8-15)7-13(16-9)17-12-4-2-11(14)3-5-12/h2-7H,8,15H2,1H3. The van der Waals surface area contributed by atoms with E-state index in [1.54, 1.807) is 18.2 Å². The SMILES string of the molecule is Cc1cc(CN)cc(Oc2ccc(F)cc2)n1. The summed E-state index contributed by atoms with van der Waals surface area (Å²) in [6.45, 7) is 2.31. The molecule has 0 aliphatic carbocycles. The Kier molecular flexibility index (Phi) is 3.35. The highest BCUT2D eigenvalue weighted by Crippen LogP contribution is 2.21. The molecule has 0 aliphatic heterocycles. The number of rotatable bonds is 3. The molecule has 1 aromatic carbocycles. The van der Waals surface area contributed by atoms with Crippen molar-refractivity contribution in [2.24, 2.45) is 5.73 Å². The van der Waals surface area contributed by atoms with Gasteiger partial charge < -0.3 is 10.5 Å². The van der Waals surface area contributed by atoms with Gasteiger partial charge in [0.1, 0.15) is 11.6 Å². The monoisotopic (exact) mass is 232 g/mol. The molecule has 0 saturated carbocycles. The van der Waals surface area contributed by atoms with Crippen molar-refractivity contribution < 1.29 is 9.13 Å². The third kappa shape index (κ3) is 3.01. The topological polar surface area (TPSA) is 48.1 Å². The van der Waals surface area contributed by atoms with Crippen LogP contribution >= 0.6 is 0 Å². The molecule has 0 unspecified atom stereocenters. The first kappa shape index (κ1) is 11.5. The maximum absolute atomic E-state index is 12.7. The lowest BCUT2D eigenvalue weighted by atomic mass is 10.2. The number of hydrogen-bond donors (Lipinski definition) is 1. The number of ether oxygens (including phenoxy) is 1. The molecule has 3 nitrogen and oxygen atoms in total. The molecule has 0 saturated heterocycles. The normalized spacial score (nSPS) is 10.3. The molecule has 0 atom stereocenters. The van der Waals surface area contributed by atoms with Gasteiger partial charge in [-0.05, 0) is 42.8 Å². The summed E-state index contributed by atoms with van der Waals surface area (Å²) in [5.41, 5.74) is 7.36. The Balaban J connectivity index is 2.23. The second-order valence-electron chi connectivity index (χ2n) is 3.72. The number of hydrogen-bond acceptors (Lipinski definition) is 3. The zero-order valence-corrected chi connectivity index (χ0v) is 9.48. The van der Waals surface area contributed by atoms with Crippen LogP contribution in [0.25, 0.3) is 0 Å². The maximum atomic E-state index is 12.7. The van der Waals surface area contributed by atoms with E-state index < -0.39 is 0 Å². The molecule has 2 rings (SSSR count). The van der Waals surface area contributed by atoms with Crippen LogP contribution in [0.2, 0.25) is 0 Å². The minimum Gasteiger partial charge on any atom is -0.439 e. The molecule has 0 bridgehead atoms. The van der Waals surface area contributed by atoms with Gasteiger partial charge in [0.15, 0.2) is 0 Å². The number of nitrogens with two attached hydrogens (primary N) is 1. The Morgan fingerprint density at radius 1 is 1.24 bits per heavy atom. The Hall–Kier alpha value is -1.94. The first-order valence-corrected chi connectivity index (χ1v) is 5.28. The highest BCUT2D eigenvalue weighted by Gasteiger charge is 2.02. The van der Waals surface area contributed by atoms with Gasteiger partial charge in [0.05, 0.1) is 0 Å². The quantitative estimate of drug-likeness (QED) is 0.885. The van der Waals surface area contributed by atoms with Gasteiger partial charge in [0, 0.05) is 18.3 Å². The molecular weight excluding hydrogens is 219 g/mol. The summed E-state index contributed by atoms with van der Waals surface area (Å²) >= 11 is 0. The number of halogens is 1. The molecule has 0 radical (unpaired) electrons. The smallest absolute Gasteiger partial charge is 0.219 e. The fraction of sp³-hybridized carbons (Fsp3) is 0.154. The minimum atomic E-state index is -0.294. The molecule has 0 fully saturated rings. The molecule has 2 N–H and O–H groups in total. The van der Waals surface area contributed by atoms with E-state index in [9.17, 15) is 4.39 Å². The number of benzene rings is 1. The molecule has 2 aromatic rings. The van der Waals surface area contributed by atoms with Crippen molar-refractivity contribution in [3.63, 3.8) is 0 Å². The summed E-state index contributed by atoms with van der Waals surface area (Å²) in [4.78, 5) is 4.23. The van der Waals surface area contributed by atoms with Crippen molar-refractivity contribution in [3.8, 4) is 11.6 Å². The van der Waals surface area contributed by atoms with Crippen molar-refractivity contribution in [2.75, 3.05) is 0 Å². The van der Waals surface area contributed by atoms with Crippen molar-refractivity contribution >= 4 is 0 Å². The fourth-order valence-corrected chi connectivity index (χ4v) is 1.50. The van der Waals surface area contributed by atoms with Crippen LogP contribution in [0.4, 0.5) is 4.39 Å². The van der Waals surface area contributed by atoms with Crippen LogP contribution in [0, 0.1) is 12.7 Å². The first-order chi connectivity index (χ1) is 8.17. The molecule has 1 aromatic heterocycles. The molecule has 88 valence electrons. The van der Waals surface area contributed by atoms with Crippen LogP contribution in [0.5, 0.6) is 11.6 Å². The average Bonchev–Trinajstić information content (AvgIpc) is 2.31. The molecule has 0 aliphatic rings. The van der Waals surface area contributed by atoms with Gasteiger partial charge in [-0.2, -0.15) is 0 Å². The molecule has 0 amide bonds. The Morgan fingerprint density at radius 3 is 2.59 bits per heavy atom. The van der Waals surface area contributed by atoms with Gasteiger partial charge in [-0.3, -0.25) is 0 Å². The molecule has 0 spiro atoms. The average molecular weight is 232 g/mol. The van der Waals surface area contributed by atoms with Crippen LogP contribution in [0.1, 0.15) is 11.3 Å². The summed E-state index contributed by atoms with van der Waals surface area (Å²) in [5, 5.41) is 0. The summed E-state index contributed by atoms with van der Waals surface area (Å²) in [5.74, 6) is 0.724. The molecule has 1 heterocycles. The van der Waals surface area contributed by atoms with E-state index in [4.69, 9.17) is 10.5 Å². The van der Waals surface area contributed by atoms with Gasteiger partial charge in [0.2, 0.25) is 5.88 Å². The third-order valence-corrected chi connectivity index (χ3v) is 2.26. The third-order valence-electron chi connectivity index (χ3n) is 2.26. The van der Waals surface area contributed by atoms with E-state index in [1.165, 1.54) is 12.1 Å². The van der Waals surface area contributed by atoms with Crippen LogP contribution < -0.4 is 10.5 Å². The first-order valence-electron chi connectivity index (χ1n) is 5.28. The minimum absolute atomic E-state index is 0.294. The van der Waals surface area contributed by atoms with Crippen molar-refractivity contribution in [2.45, 2.75) is 13.5 Å². The van der Waals surface area contributed by atoms with E-state index in [1.807, 2.05) is 13.0 Å². The van der Waals surface area contributed by atoms with Crippen molar-refractivity contribution in [1.29, 1.82) is 0 Å². The van der Waals surface area contributed by atoms with E-state index >= 15 is 0 Å². The number of nitrogens with zero attached hydrogens (tertiary/aromatic N) is 1. The van der Waals surface area contributed by atoms with E-state index in [0.717, 1.165) is 11.3 Å². The zero-order chi connectivity index (χ0) is 12.3. The maximum Gasteiger partial charge on any atom is 0.219 e. The molecule has 17 heavy (non-hydrogen) atoms. The van der Waals surface area contributed by atoms with Gasteiger partial charge >= 0.3 is 0 Å². The second kappa shape index (κ2) is 4.93. The summed E-state index contributed by atoms with van der Waals surface area (Å²) in [7, 11) is 0. The summed E-state index contributed by atoms with van der Waals surface area (Å²) < 4.78 is 18.2. The van der Waals surface area contributed by atoms with Crippen LogP contribution in [-0.4, -0.2) is 4.98 Å². The van der Waals surface area contributed by atoms with Crippen LogP contribution in [0.3, 0.4) is 0 Å². The highest BCUT2D eigenvalue weighted by molar-refractivity contribution is 5.30. The van der Waals surface area contributed by atoms with Gasteiger partial charge in [-0.1, -0.05) is 0 Å². The highest BCUT2D eigenvalue weighted by atomic mass is 19.1. The van der Waals surface area contributed by atoms with Crippen LogP contribution in [-0.2, 0) is 6.54 Å². The summed E-state index contributed by atoms with van der Waals surface area (Å²) in [6, 6.07) is 9.47. The van der Waals surface area contributed by atoms with Crippen molar-refractivity contribution in [1.82, 2.24) is 4.98 Å². The summed E-state index contributed by atoms with van der Waals surface area (Å²) in [6.07, 6.45) is 0. The number of pyridine rings is 1. The van der Waals surface area contributed by atoms with Gasteiger partial charge in [-0.15, -0.1) is 0 Å². The largest absolute Gasteiger partial charge is 0.439 e. The van der Waals surface area contributed by atoms with Gasteiger partial charge in [0.25, 0.3) is 0 Å². The predicted molar refractivity (Wildman–Crippen MR) is 63.3 cm³/mol. The lowest BCUT2D eigenvalue weighted by Gasteiger charge is -2.07. The Bertz CT molecular complexity index is 511. The number of aryl methyl sites for hydroxylation is 1. The molecular formula is C13H13FN2O. The van der Waals surface area contributed by atoms with Gasteiger partial charge in [-0.25, -0.2) is 9.37 Å². The lowest BCUT2D eigenvalue weighted by molar-refractivity contribution is 0.459. The van der Waals surface area contributed by atoms with Crippen LogP contribution in [0.15, 0.2) is 36.4 Å².